The van der Waals surface area contributed by atoms with E-state index in [1.54, 1.807) is 0 Å². The number of nitrogens with zero attached hydrogens (tertiary/aromatic N) is 1. The summed E-state index contributed by atoms with van der Waals surface area (Å²) in [5, 5.41) is 8.15. The Balaban J connectivity index is 1.84. The molecule has 0 bridgehead atoms. The quantitative estimate of drug-likeness (QED) is 0.301. The highest BCUT2D eigenvalue weighted by Crippen LogP contribution is 2.37. The lowest BCUT2D eigenvalue weighted by Crippen LogP contribution is -1.84. The van der Waals surface area contributed by atoms with Crippen molar-refractivity contribution in [2.45, 2.75) is 0 Å². The lowest BCUT2D eigenvalue weighted by molar-refractivity contribution is 0.672. The Morgan fingerprint density at radius 2 is 1.20 bits per heavy atom. The highest BCUT2D eigenvalue weighted by atomic mass is 16.3. The first-order valence-electron chi connectivity index (χ1n) is 8.40. The van der Waals surface area contributed by atoms with Gasteiger partial charge in [0.15, 0.2) is 0 Å². The highest BCUT2D eigenvalue weighted by molar-refractivity contribution is 6.22. The Bertz CT molecular complexity index is 1440. The molecule has 116 valence electrons. The minimum atomic E-state index is 0.927. The molecule has 0 radical (unpaired) electrons. The number of rotatable bonds is 0. The van der Waals surface area contributed by atoms with Crippen molar-refractivity contribution in [1.82, 2.24) is 4.98 Å². The van der Waals surface area contributed by atoms with Crippen LogP contribution in [0.25, 0.3) is 54.4 Å². The van der Waals surface area contributed by atoms with Gasteiger partial charge in [-0.2, -0.15) is 0 Å². The minimum absolute atomic E-state index is 0.927. The van der Waals surface area contributed by atoms with Crippen LogP contribution in [0.3, 0.4) is 0 Å². The highest BCUT2D eigenvalue weighted by Gasteiger charge is 2.12. The Labute approximate surface area is 143 Å². The van der Waals surface area contributed by atoms with Gasteiger partial charge in [0.1, 0.15) is 11.2 Å². The van der Waals surface area contributed by atoms with Crippen LogP contribution in [0.1, 0.15) is 0 Å². The predicted molar refractivity (Wildman–Crippen MR) is 104 cm³/mol. The zero-order valence-electron chi connectivity index (χ0n) is 13.4. The third-order valence-corrected chi connectivity index (χ3v) is 5.10. The van der Waals surface area contributed by atoms with Gasteiger partial charge in [-0.25, -0.2) is 0 Å². The van der Waals surface area contributed by atoms with E-state index >= 15 is 0 Å². The number of furan rings is 1. The number of fused-ring (bicyclic) bond motifs is 9. The SMILES string of the molecule is c1ccc2c(c1)cnc1c2ccc2c1ccc1c3ccccc3oc12. The van der Waals surface area contributed by atoms with Gasteiger partial charge in [-0.05, 0) is 23.6 Å². The number of para-hydroxylation sites is 1. The van der Waals surface area contributed by atoms with Crippen molar-refractivity contribution in [3.63, 3.8) is 0 Å². The number of hydrogen-bond acceptors (Lipinski definition) is 2. The van der Waals surface area contributed by atoms with Crippen molar-refractivity contribution < 1.29 is 4.42 Å². The molecule has 2 aromatic heterocycles. The fourth-order valence-corrected chi connectivity index (χ4v) is 3.92. The third kappa shape index (κ3) is 1.66. The van der Waals surface area contributed by atoms with Gasteiger partial charge in [-0.1, -0.05) is 54.6 Å². The van der Waals surface area contributed by atoms with E-state index < -0.39 is 0 Å². The summed E-state index contributed by atoms with van der Waals surface area (Å²) in [5.41, 5.74) is 2.89. The van der Waals surface area contributed by atoms with E-state index in [0.717, 1.165) is 38.2 Å². The standard InChI is InChI=1S/C23H13NO/c1-2-6-15-14(5-1)13-24-22-17(15)9-12-20-18(22)10-11-19-16-7-3-4-8-21(16)25-23(19)20/h1-13H. The molecule has 0 saturated heterocycles. The lowest BCUT2D eigenvalue weighted by atomic mass is 10.00. The maximum Gasteiger partial charge on any atom is 0.143 e. The summed E-state index contributed by atoms with van der Waals surface area (Å²) in [5.74, 6) is 0. The molecule has 25 heavy (non-hydrogen) atoms. The molecular formula is C23H13NO. The molecule has 6 aromatic rings. The van der Waals surface area contributed by atoms with Crippen LogP contribution in [-0.2, 0) is 0 Å². The van der Waals surface area contributed by atoms with E-state index in [1.165, 1.54) is 16.2 Å². The molecule has 0 aliphatic carbocycles. The summed E-state index contributed by atoms with van der Waals surface area (Å²) in [7, 11) is 0. The molecule has 2 heterocycles. The molecule has 0 aliphatic rings. The van der Waals surface area contributed by atoms with E-state index in [0.29, 0.717) is 0 Å². The second kappa shape index (κ2) is 4.58. The average Bonchev–Trinajstić information content (AvgIpc) is 3.06. The van der Waals surface area contributed by atoms with E-state index in [4.69, 9.17) is 9.40 Å². The van der Waals surface area contributed by atoms with Crippen LogP contribution in [0.2, 0.25) is 0 Å². The molecule has 0 amide bonds. The molecule has 6 rings (SSSR count). The summed E-state index contributed by atoms with van der Waals surface area (Å²) >= 11 is 0. The molecule has 4 aromatic carbocycles. The second-order valence-corrected chi connectivity index (χ2v) is 6.44. The maximum absolute atomic E-state index is 6.17. The summed E-state index contributed by atoms with van der Waals surface area (Å²) in [4.78, 5) is 4.76. The molecule has 2 nitrogen and oxygen atoms in total. The Kier molecular flexibility index (Phi) is 2.37. The third-order valence-electron chi connectivity index (χ3n) is 5.10. The minimum Gasteiger partial charge on any atom is -0.455 e. The Hall–Kier alpha value is -3.39. The molecule has 0 aliphatic heterocycles. The number of pyridine rings is 1. The van der Waals surface area contributed by atoms with Gasteiger partial charge in [0, 0.05) is 38.5 Å². The van der Waals surface area contributed by atoms with Gasteiger partial charge < -0.3 is 4.42 Å². The summed E-state index contributed by atoms with van der Waals surface area (Å²) in [6.07, 6.45) is 1.96. The zero-order chi connectivity index (χ0) is 16.4. The van der Waals surface area contributed by atoms with Crippen LogP contribution in [0.4, 0.5) is 0 Å². The van der Waals surface area contributed by atoms with Crippen LogP contribution in [0.5, 0.6) is 0 Å². The van der Waals surface area contributed by atoms with Crippen LogP contribution < -0.4 is 0 Å². The number of benzene rings is 4. The number of aromatic nitrogens is 1. The second-order valence-electron chi connectivity index (χ2n) is 6.44. The van der Waals surface area contributed by atoms with Crippen LogP contribution in [0, 0.1) is 0 Å². The molecular weight excluding hydrogens is 306 g/mol. The van der Waals surface area contributed by atoms with Crippen molar-refractivity contribution >= 4 is 54.4 Å². The van der Waals surface area contributed by atoms with Crippen molar-refractivity contribution in [3.05, 3.63) is 79.0 Å². The van der Waals surface area contributed by atoms with E-state index in [2.05, 4.69) is 60.7 Å². The molecule has 2 heteroatoms. The van der Waals surface area contributed by atoms with Crippen LogP contribution in [0.15, 0.2) is 83.4 Å². The maximum atomic E-state index is 6.17. The van der Waals surface area contributed by atoms with Gasteiger partial charge in [0.2, 0.25) is 0 Å². The molecule has 0 atom stereocenters. The normalized spacial score (nSPS) is 12.0. The molecule has 0 saturated carbocycles. The first-order valence-corrected chi connectivity index (χ1v) is 8.40. The van der Waals surface area contributed by atoms with Crippen molar-refractivity contribution in [2.75, 3.05) is 0 Å². The van der Waals surface area contributed by atoms with Gasteiger partial charge in [0.25, 0.3) is 0 Å². The smallest absolute Gasteiger partial charge is 0.143 e. The van der Waals surface area contributed by atoms with Gasteiger partial charge in [0.05, 0.1) is 5.52 Å². The summed E-state index contributed by atoms with van der Waals surface area (Å²) < 4.78 is 6.17. The topological polar surface area (TPSA) is 26.0 Å². The first kappa shape index (κ1) is 13.0. The largest absolute Gasteiger partial charge is 0.455 e. The van der Waals surface area contributed by atoms with Crippen molar-refractivity contribution in [3.8, 4) is 0 Å². The molecule has 0 unspecified atom stereocenters. The van der Waals surface area contributed by atoms with Crippen molar-refractivity contribution in [2.24, 2.45) is 0 Å². The monoisotopic (exact) mass is 319 g/mol. The van der Waals surface area contributed by atoms with E-state index in [1.807, 2.05) is 18.3 Å². The van der Waals surface area contributed by atoms with Gasteiger partial charge in [-0.15, -0.1) is 0 Å². The van der Waals surface area contributed by atoms with Crippen LogP contribution in [-0.4, -0.2) is 4.98 Å². The molecule has 0 fully saturated rings. The predicted octanol–water partition coefficient (Wildman–Crippen LogP) is 6.44. The first-order chi connectivity index (χ1) is 12.4. The van der Waals surface area contributed by atoms with Gasteiger partial charge in [-0.3, -0.25) is 4.98 Å². The summed E-state index contributed by atoms with van der Waals surface area (Å²) in [6, 6.07) is 25.2. The summed E-state index contributed by atoms with van der Waals surface area (Å²) in [6.45, 7) is 0. The van der Waals surface area contributed by atoms with Crippen molar-refractivity contribution in [1.29, 1.82) is 0 Å². The molecule has 0 N–H and O–H groups in total. The Morgan fingerprint density at radius 3 is 2.08 bits per heavy atom. The number of hydrogen-bond donors (Lipinski definition) is 0. The fraction of sp³-hybridized carbons (Fsp3) is 0. The lowest BCUT2D eigenvalue weighted by Gasteiger charge is -2.07. The Morgan fingerprint density at radius 1 is 0.560 bits per heavy atom. The molecule has 0 spiro atoms. The van der Waals surface area contributed by atoms with E-state index in [-0.39, 0.29) is 0 Å². The van der Waals surface area contributed by atoms with E-state index in [9.17, 15) is 0 Å². The van der Waals surface area contributed by atoms with Gasteiger partial charge >= 0.3 is 0 Å². The fourth-order valence-electron chi connectivity index (χ4n) is 3.92. The zero-order valence-corrected chi connectivity index (χ0v) is 13.4. The average molecular weight is 319 g/mol. The van der Waals surface area contributed by atoms with Crippen LogP contribution >= 0.6 is 0 Å².